The van der Waals surface area contributed by atoms with Crippen LogP contribution in [0.1, 0.15) is 11.1 Å². The molecule has 2 heterocycles. The van der Waals surface area contributed by atoms with Gasteiger partial charge in [0, 0.05) is 17.2 Å². The molecule has 0 unspecified atom stereocenters. The highest BCUT2D eigenvalue weighted by atomic mass is 79.9. The first-order chi connectivity index (χ1) is 9.42. The Morgan fingerprint density at radius 1 is 1.40 bits per heavy atom. The molecule has 2 rings (SSSR count). The number of sulfonamides is 1. The second-order valence-electron chi connectivity index (χ2n) is 4.23. The molecule has 0 fully saturated rings. The molecule has 20 heavy (non-hydrogen) atoms. The normalized spacial score (nSPS) is 11.6. The van der Waals surface area contributed by atoms with Gasteiger partial charge in [-0.25, -0.2) is 13.4 Å². The van der Waals surface area contributed by atoms with Crippen LogP contribution in [0.5, 0.6) is 0 Å². The summed E-state index contributed by atoms with van der Waals surface area (Å²) in [6, 6.07) is 3.48. The largest absolute Gasteiger partial charge is 0.316 e. The highest BCUT2D eigenvalue weighted by molar-refractivity contribution is 9.10. The summed E-state index contributed by atoms with van der Waals surface area (Å²) in [5.41, 5.74) is 1.70. The minimum Gasteiger partial charge on any atom is -0.316 e. The number of thiophene rings is 1. The SMILES string of the molecule is CNCc1csc(S(=O)(=O)Nc2ncc(Br)cc2C)c1. The maximum Gasteiger partial charge on any atom is 0.272 e. The summed E-state index contributed by atoms with van der Waals surface area (Å²) in [7, 11) is -1.76. The first kappa shape index (κ1) is 15.4. The Hall–Kier alpha value is -0.960. The predicted octanol–water partition coefficient (Wildman–Crippen LogP) is 2.73. The number of pyridine rings is 1. The standard InChI is InChI=1S/C12H14BrN3O2S2/c1-8-3-10(13)6-15-12(8)16-20(17,18)11-4-9(5-14-2)7-19-11/h3-4,6-7,14H,5H2,1-2H3,(H,15,16). The maximum absolute atomic E-state index is 12.3. The van der Waals surface area contributed by atoms with Crippen LogP contribution in [0, 0.1) is 6.92 Å². The van der Waals surface area contributed by atoms with Crippen LogP contribution in [0.2, 0.25) is 0 Å². The van der Waals surface area contributed by atoms with Crippen molar-refractivity contribution in [3.05, 3.63) is 39.3 Å². The van der Waals surface area contributed by atoms with Crippen molar-refractivity contribution < 1.29 is 8.42 Å². The van der Waals surface area contributed by atoms with Gasteiger partial charge < -0.3 is 5.32 Å². The topological polar surface area (TPSA) is 71.1 Å². The Labute approximate surface area is 130 Å². The molecule has 0 saturated carbocycles. The molecule has 0 aliphatic heterocycles. The summed E-state index contributed by atoms with van der Waals surface area (Å²) in [5, 5.41) is 4.81. The van der Waals surface area contributed by atoms with Gasteiger partial charge in [-0.3, -0.25) is 4.72 Å². The van der Waals surface area contributed by atoms with E-state index in [2.05, 4.69) is 31.0 Å². The van der Waals surface area contributed by atoms with E-state index in [1.165, 1.54) is 11.3 Å². The third-order valence-electron chi connectivity index (χ3n) is 2.55. The molecule has 0 atom stereocenters. The van der Waals surface area contributed by atoms with Crippen molar-refractivity contribution >= 4 is 43.1 Å². The molecule has 5 nitrogen and oxygen atoms in total. The van der Waals surface area contributed by atoms with Gasteiger partial charge in [-0.15, -0.1) is 11.3 Å². The molecule has 0 saturated heterocycles. The van der Waals surface area contributed by atoms with Gasteiger partial charge in [-0.2, -0.15) is 0 Å². The van der Waals surface area contributed by atoms with E-state index < -0.39 is 10.0 Å². The summed E-state index contributed by atoms with van der Waals surface area (Å²) in [5.74, 6) is 0.344. The lowest BCUT2D eigenvalue weighted by Crippen LogP contribution is -2.13. The van der Waals surface area contributed by atoms with E-state index in [1.807, 2.05) is 18.5 Å². The van der Waals surface area contributed by atoms with E-state index in [0.29, 0.717) is 12.4 Å². The highest BCUT2D eigenvalue weighted by Crippen LogP contribution is 2.24. The van der Waals surface area contributed by atoms with Crippen LogP contribution in [-0.2, 0) is 16.6 Å². The number of nitrogens with one attached hydrogen (secondary N) is 2. The van der Waals surface area contributed by atoms with Gasteiger partial charge in [0.1, 0.15) is 10.0 Å². The van der Waals surface area contributed by atoms with Crippen molar-refractivity contribution in [2.45, 2.75) is 17.7 Å². The van der Waals surface area contributed by atoms with Gasteiger partial charge in [0.05, 0.1) is 0 Å². The Balaban J connectivity index is 2.26. The smallest absolute Gasteiger partial charge is 0.272 e. The summed E-state index contributed by atoms with van der Waals surface area (Å²) < 4.78 is 28.2. The van der Waals surface area contributed by atoms with Crippen molar-refractivity contribution in [1.82, 2.24) is 10.3 Å². The number of aryl methyl sites for hydroxylation is 1. The number of nitrogens with zero attached hydrogens (tertiary/aromatic N) is 1. The van der Waals surface area contributed by atoms with Crippen molar-refractivity contribution in [1.29, 1.82) is 0 Å². The average molecular weight is 376 g/mol. The molecule has 8 heteroatoms. The molecule has 0 aromatic carbocycles. The van der Waals surface area contributed by atoms with Gasteiger partial charge in [0.15, 0.2) is 0 Å². The fourth-order valence-corrected chi connectivity index (χ4v) is 4.35. The van der Waals surface area contributed by atoms with E-state index in [0.717, 1.165) is 15.6 Å². The van der Waals surface area contributed by atoms with Gasteiger partial charge >= 0.3 is 0 Å². The number of hydrogen-bond donors (Lipinski definition) is 2. The summed E-state index contributed by atoms with van der Waals surface area (Å²) in [6.07, 6.45) is 1.56. The fourth-order valence-electron chi connectivity index (χ4n) is 1.62. The van der Waals surface area contributed by atoms with E-state index in [9.17, 15) is 8.42 Å². The lowest BCUT2D eigenvalue weighted by Gasteiger charge is -2.08. The van der Waals surface area contributed by atoms with Crippen LogP contribution in [-0.4, -0.2) is 20.4 Å². The van der Waals surface area contributed by atoms with Gasteiger partial charge in [0.2, 0.25) is 0 Å². The van der Waals surface area contributed by atoms with E-state index >= 15 is 0 Å². The lowest BCUT2D eigenvalue weighted by molar-refractivity contribution is 0.603. The van der Waals surface area contributed by atoms with E-state index in [1.54, 1.807) is 19.2 Å². The molecule has 0 aliphatic carbocycles. The maximum atomic E-state index is 12.3. The molecule has 2 aromatic heterocycles. The highest BCUT2D eigenvalue weighted by Gasteiger charge is 2.18. The minimum atomic E-state index is -3.58. The van der Waals surface area contributed by atoms with E-state index in [-0.39, 0.29) is 4.21 Å². The van der Waals surface area contributed by atoms with Gasteiger partial charge in [-0.05, 0) is 58.5 Å². The van der Waals surface area contributed by atoms with Crippen molar-refractivity contribution in [3.63, 3.8) is 0 Å². The Morgan fingerprint density at radius 3 is 2.80 bits per heavy atom. The second kappa shape index (κ2) is 6.21. The second-order valence-corrected chi connectivity index (χ2v) is 7.97. The number of anilines is 1. The van der Waals surface area contributed by atoms with Gasteiger partial charge in [-0.1, -0.05) is 0 Å². The molecule has 0 spiro atoms. The molecule has 108 valence electrons. The third kappa shape index (κ3) is 3.57. The molecule has 2 aromatic rings. The number of hydrogen-bond acceptors (Lipinski definition) is 5. The lowest BCUT2D eigenvalue weighted by atomic mass is 10.3. The first-order valence-electron chi connectivity index (χ1n) is 5.79. The zero-order valence-corrected chi connectivity index (χ0v) is 14.2. The summed E-state index contributed by atoms with van der Waals surface area (Å²) in [6.45, 7) is 2.44. The summed E-state index contributed by atoms with van der Waals surface area (Å²) >= 11 is 4.49. The third-order valence-corrected chi connectivity index (χ3v) is 5.81. The van der Waals surface area contributed by atoms with Crippen LogP contribution in [0.25, 0.3) is 0 Å². The number of halogens is 1. The van der Waals surface area contributed by atoms with Crippen molar-refractivity contribution in [3.8, 4) is 0 Å². The average Bonchev–Trinajstić information content (AvgIpc) is 2.83. The molecule has 0 bridgehead atoms. The minimum absolute atomic E-state index is 0.284. The fraction of sp³-hybridized carbons (Fsp3) is 0.250. The van der Waals surface area contributed by atoms with Crippen LogP contribution in [0.15, 0.2) is 32.4 Å². The van der Waals surface area contributed by atoms with Crippen LogP contribution >= 0.6 is 27.3 Å². The Kier molecular flexibility index (Phi) is 4.79. The molecule has 0 amide bonds. The van der Waals surface area contributed by atoms with Crippen LogP contribution < -0.4 is 10.0 Å². The Morgan fingerprint density at radius 2 is 2.15 bits per heavy atom. The molecule has 0 aliphatic rings. The van der Waals surface area contributed by atoms with E-state index in [4.69, 9.17) is 0 Å². The molecular formula is C12H14BrN3O2S2. The number of rotatable bonds is 5. The quantitative estimate of drug-likeness (QED) is 0.842. The van der Waals surface area contributed by atoms with Crippen LogP contribution in [0.3, 0.4) is 0 Å². The summed E-state index contributed by atoms with van der Waals surface area (Å²) in [4.78, 5) is 4.09. The zero-order chi connectivity index (χ0) is 14.8. The number of aromatic nitrogens is 1. The monoisotopic (exact) mass is 375 g/mol. The van der Waals surface area contributed by atoms with Gasteiger partial charge in [0.25, 0.3) is 10.0 Å². The first-order valence-corrected chi connectivity index (χ1v) is 8.95. The zero-order valence-electron chi connectivity index (χ0n) is 11.0. The van der Waals surface area contributed by atoms with Crippen LogP contribution in [0.4, 0.5) is 5.82 Å². The molecular weight excluding hydrogens is 362 g/mol. The molecule has 0 radical (unpaired) electrons. The Bertz CT molecular complexity index is 713. The predicted molar refractivity (Wildman–Crippen MR) is 84.6 cm³/mol. The van der Waals surface area contributed by atoms with Crippen molar-refractivity contribution in [2.75, 3.05) is 11.8 Å². The van der Waals surface area contributed by atoms with Crippen molar-refractivity contribution in [2.24, 2.45) is 0 Å². The molecule has 2 N–H and O–H groups in total.